The molecule has 0 aliphatic heterocycles. The number of rotatable bonds is 13. The highest BCUT2D eigenvalue weighted by Gasteiger charge is 2.30. The molecule has 2 aromatic heterocycles. The standard InChI is InChI=1S/C31H39N5O7S2/c1-6-42-29(39)24-18(3)25(30(40)43-7-2)45-28(24)33-26(37)19(4)44-31-35-34-23(36(31)21-11-9-8-10-12-21)17-32-27(38)20-13-15-22(41-5)16-14-20/h13-16,19,21H,6-12,17H2,1-5H3,(H,32,38)(H,33,37)/t19-/m0/s1. The molecule has 0 bridgehead atoms. The normalized spacial score (nSPS) is 14.0. The summed E-state index contributed by atoms with van der Waals surface area (Å²) >= 11 is 2.23. The molecule has 1 atom stereocenters. The van der Waals surface area contributed by atoms with E-state index in [4.69, 9.17) is 14.2 Å². The summed E-state index contributed by atoms with van der Waals surface area (Å²) in [6.45, 7) is 7.23. The average Bonchev–Trinajstić information content (AvgIpc) is 3.60. The SMILES string of the molecule is CCOC(=O)c1sc(NC(=O)[C@H](C)Sc2nnc(CNC(=O)c3ccc(OC)cc3)n2C2CCCCC2)c(C(=O)OCC)c1C. The lowest BCUT2D eigenvalue weighted by atomic mass is 9.95. The minimum Gasteiger partial charge on any atom is -0.497 e. The van der Waals surface area contributed by atoms with Gasteiger partial charge in [0.05, 0.1) is 37.7 Å². The first kappa shape index (κ1) is 34.0. The Balaban J connectivity index is 1.52. The fourth-order valence-electron chi connectivity index (χ4n) is 5.09. The van der Waals surface area contributed by atoms with Crippen LogP contribution in [0.4, 0.5) is 5.00 Å². The molecule has 14 heteroatoms. The predicted molar refractivity (Wildman–Crippen MR) is 171 cm³/mol. The fraction of sp³-hybridized carbons (Fsp3) is 0.484. The number of hydrogen-bond acceptors (Lipinski definition) is 11. The average molecular weight is 658 g/mol. The van der Waals surface area contributed by atoms with E-state index >= 15 is 0 Å². The van der Waals surface area contributed by atoms with Gasteiger partial charge in [0.25, 0.3) is 5.91 Å². The number of esters is 2. The van der Waals surface area contributed by atoms with Crippen molar-refractivity contribution < 1.29 is 33.4 Å². The van der Waals surface area contributed by atoms with Crippen molar-refractivity contribution in [3.8, 4) is 5.75 Å². The predicted octanol–water partition coefficient (Wildman–Crippen LogP) is 5.56. The molecule has 1 aliphatic carbocycles. The Labute approximate surface area is 270 Å². The van der Waals surface area contributed by atoms with Crippen molar-refractivity contribution in [1.82, 2.24) is 20.1 Å². The third-order valence-electron chi connectivity index (χ3n) is 7.41. The maximum atomic E-state index is 13.5. The van der Waals surface area contributed by atoms with Gasteiger partial charge in [-0.15, -0.1) is 21.5 Å². The monoisotopic (exact) mass is 657 g/mol. The van der Waals surface area contributed by atoms with Crippen molar-refractivity contribution in [2.75, 3.05) is 25.6 Å². The third-order valence-corrected chi connectivity index (χ3v) is 9.65. The lowest BCUT2D eigenvalue weighted by molar-refractivity contribution is -0.115. The van der Waals surface area contributed by atoms with E-state index in [0.717, 1.165) is 43.4 Å². The highest BCUT2D eigenvalue weighted by atomic mass is 32.2. The van der Waals surface area contributed by atoms with Crippen LogP contribution in [-0.4, -0.2) is 64.1 Å². The molecule has 1 aromatic carbocycles. The van der Waals surface area contributed by atoms with Crippen LogP contribution in [0.1, 0.15) is 101 Å². The molecule has 1 fully saturated rings. The van der Waals surface area contributed by atoms with Gasteiger partial charge < -0.3 is 29.4 Å². The van der Waals surface area contributed by atoms with Gasteiger partial charge in [0.2, 0.25) is 5.91 Å². The van der Waals surface area contributed by atoms with Crippen molar-refractivity contribution in [3.63, 3.8) is 0 Å². The van der Waals surface area contributed by atoms with Crippen LogP contribution in [0.15, 0.2) is 29.4 Å². The molecule has 3 aromatic rings. The summed E-state index contributed by atoms with van der Waals surface area (Å²) in [6.07, 6.45) is 5.18. The molecule has 242 valence electrons. The Kier molecular flexibility index (Phi) is 12.0. The lowest BCUT2D eigenvalue weighted by Crippen LogP contribution is -2.27. The van der Waals surface area contributed by atoms with Crippen molar-refractivity contribution >= 4 is 51.9 Å². The van der Waals surface area contributed by atoms with E-state index in [1.807, 2.05) is 4.57 Å². The number of methoxy groups -OCH3 is 1. The fourth-order valence-corrected chi connectivity index (χ4v) is 7.12. The minimum atomic E-state index is -0.637. The molecule has 2 N–H and O–H groups in total. The molecule has 2 heterocycles. The van der Waals surface area contributed by atoms with E-state index in [0.29, 0.717) is 27.9 Å². The molecule has 45 heavy (non-hydrogen) atoms. The Bertz CT molecular complexity index is 1510. The Hall–Kier alpha value is -3.91. The first-order valence-electron chi connectivity index (χ1n) is 15.0. The van der Waals surface area contributed by atoms with E-state index in [-0.39, 0.29) is 53.1 Å². The van der Waals surface area contributed by atoms with Gasteiger partial charge >= 0.3 is 11.9 Å². The molecule has 0 radical (unpaired) electrons. The van der Waals surface area contributed by atoms with Crippen molar-refractivity contribution in [2.45, 2.75) is 82.8 Å². The summed E-state index contributed by atoms with van der Waals surface area (Å²) in [5.74, 6) is -0.555. The number of ether oxygens (including phenoxy) is 3. The maximum absolute atomic E-state index is 13.5. The van der Waals surface area contributed by atoms with Gasteiger partial charge in [0.15, 0.2) is 11.0 Å². The molecule has 1 aliphatic rings. The van der Waals surface area contributed by atoms with Crippen LogP contribution in [0.5, 0.6) is 5.75 Å². The highest BCUT2D eigenvalue weighted by Crippen LogP contribution is 2.37. The summed E-state index contributed by atoms with van der Waals surface area (Å²) in [5.41, 5.74) is 1.03. The second-order valence-corrected chi connectivity index (χ2v) is 12.8. The Morgan fingerprint density at radius 2 is 1.69 bits per heavy atom. The zero-order valence-corrected chi connectivity index (χ0v) is 27.8. The molecule has 12 nitrogen and oxygen atoms in total. The molecule has 0 unspecified atom stereocenters. The van der Waals surface area contributed by atoms with E-state index in [9.17, 15) is 19.2 Å². The summed E-state index contributed by atoms with van der Waals surface area (Å²) in [7, 11) is 1.57. The first-order valence-corrected chi connectivity index (χ1v) is 16.7. The number of hydrogen-bond donors (Lipinski definition) is 2. The summed E-state index contributed by atoms with van der Waals surface area (Å²) in [6, 6.07) is 6.98. The lowest BCUT2D eigenvalue weighted by Gasteiger charge is -2.26. The smallest absolute Gasteiger partial charge is 0.348 e. The van der Waals surface area contributed by atoms with E-state index in [1.165, 1.54) is 11.8 Å². The Morgan fingerprint density at radius 3 is 2.33 bits per heavy atom. The van der Waals surface area contributed by atoms with Crippen LogP contribution < -0.4 is 15.4 Å². The van der Waals surface area contributed by atoms with E-state index in [1.54, 1.807) is 59.1 Å². The largest absolute Gasteiger partial charge is 0.497 e. The number of carbonyl (C=O) groups is 4. The van der Waals surface area contributed by atoms with Crippen LogP contribution in [0.25, 0.3) is 0 Å². The molecule has 0 saturated heterocycles. The van der Waals surface area contributed by atoms with Crippen LogP contribution >= 0.6 is 23.1 Å². The number of aromatic nitrogens is 3. The second-order valence-electron chi connectivity index (χ2n) is 10.4. The molecule has 4 rings (SSSR count). The van der Waals surface area contributed by atoms with Crippen LogP contribution in [0.2, 0.25) is 0 Å². The number of nitrogens with zero attached hydrogens (tertiary/aromatic N) is 3. The second kappa shape index (κ2) is 15.9. The van der Waals surface area contributed by atoms with Crippen molar-refractivity contribution in [3.05, 3.63) is 51.7 Å². The van der Waals surface area contributed by atoms with E-state index in [2.05, 4.69) is 20.8 Å². The molecule has 2 amide bonds. The van der Waals surface area contributed by atoms with Gasteiger partial charge in [-0.1, -0.05) is 31.0 Å². The molecule has 0 spiro atoms. The topological polar surface area (TPSA) is 151 Å². The Morgan fingerprint density at radius 1 is 1.02 bits per heavy atom. The number of thiophene rings is 1. The maximum Gasteiger partial charge on any atom is 0.348 e. The van der Waals surface area contributed by atoms with Crippen molar-refractivity contribution in [1.29, 1.82) is 0 Å². The first-order chi connectivity index (χ1) is 21.7. The van der Waals surface area contributed by atoms with Crippen LogP contribution in [0, 0.1) is 6.92 Å². The summed E-state index contributed by atoms with van der Waals surface area (Å²) in [4.78, 5) is 51.9. The van der Waals surface area contributed by atoms with Crippen LogP contribution in [-0.2, 0) is 20.8 Å². The zero-order chi connectivity index (χ0) is 32.5. The minimum absolute atomic E-state index is 0.135. The van der Waals surface area contributed by atoms with Gasteiger partial charge in [0.1, 0.15) is 15.6 Å². The van der Waals surface area contributed by atoms with Crippen molar-refractivity contribution in [2.24, 2.45) is 0 Å². The number of anilines is 1. The van der Waals surface area contributed by atoms with Gasteiger partial charge in [-0.2, -0.15) is 0 Å². The molecular weight excluding hydrogens is 619 g/mol. The van der Waals surface area contributed by atoms with Gasteiger partial charge in [-0.05, 0) is 70.4 Å². The van der Waals surface area contributed by atoms with Gasteiger partial charge in [-0.3, -0.25) is 9.59 Å². The number of thioether (sulfide) groups is 1. The van der Waals surface area contributed by atoms with Gasteiger partial charge in [0, 0.05) is 11.6 Å². The number of benzene rings is 1. The zero-order valence-electron chi connectivity index (χ0n) is 26.1. The number of amides is 2. The van der Waals surface area contributed by atoms with E-state index < -0.39 is 17.2 Å². The number of carbonyl (C=O) groups excluding carboxylic acids is 4. The third kappa shape index (κ3) is 8.23. The number of nitrogens with one attached hydrogen (secondary N) is 2. The quantitative estimate of drug-likeness (QED) is 0.177. The van der Waals surface area contributed by atoms with Crippen LogP contribution in [0.3, 0.4) is 0 Å². The van der Waals surface area contributed by atoms with Gasteiger partial charge in [-0.25, -0.2) is 9.59 Å². The molecule has 1 saturated carbocycles. The molecular formula is C31H39N5O7S2. The summed E-state index contributed by atoms with van der Waals surface area (Å²) < 4.78 is 17.6. The summed E-state index contributed by atoms with van der Waals surface area (Å²) in [5, 5.41) is 14.7. The highest BCUT2D eigenvalue weighted by molar-refractivity contribution is 8.00.